The third-order valence-electron chi connectivity index (χ3n) is 13.6. The fourth-order valence-corrected chi connectivity index (χ4v) is 10.4. The molecule has 7 rings (SSSR count). The van der Waals surface area contributed by atoms with Gasteiger partial charge in [-0.05, 0) is 116 Å². The number of aliphatic hydroxyl groups excluding tert-OH is 2. The monoisotopic (exact) mass is 966 g/mol. The predicted molar refractivity (Wildman–Crippen MR) is 263 cm³/mol. The number of fused-ring (bicyclic) bond motifs is 2. The van der Waals surface area contributed by atoms with Crippen molar-refractivity contribution >= 4 is 35.2 Å². The van der Waals surface area contributed by atoms with Gasteiger partial charge in [0.05, 0.1) is 49.7 Å². The van der Waals surface area contributed by atoms with E-state index in [9.17, 15) is 29.9 Å². The molecule has 17 nitrogen and oxygen atoms in total. The lowest BCUT2D eigenvalue weighted by atomic mass is 9.55. The molecule has 3 aromatic carbocycles. The van der Waals surface area contributed by atoms with Crippen molar-refractivity contribution in [3.63, 3.8) is 0 Å². The third kappa shape index (κ3) is 11.8. The molecule has 1 saturated heterocycles. The lowest BCUT2D eigenvalue weighted by molar-refractivity contribution is -0.384. The summed E-state index contributed by atoms with van der Waals surface area (Å²) in [5.41, 5.74) is 3.16. The Morgan fingerprint density at radius 1 is 1.00 bits per heavy atom. The summed E-state index contributed by atoms with van der Waals surface area (Å²) < 4.78 is 37.3. The SMILES string of the molecule is C=CCO[C@@]12Oc3ccc(OC(=O)Nc4ccc(OC)cc4OC)cc3[C@H]3[C@H](CCCCO)[C@@H](CCCCO)C=C(C(=NOC4CCCCO4)C[C@@H]1N(CCC)C(=O)C=Cc1ccc([N+](=O)[O-])cc1)[C@H]32. The van der Waals surface area contributed by atoms with Gasteiger partial charge in [0.2, 0.25) is 18.0 Å². The van der Waals surface area contributed by atoms with Crippen LogP contribution >= 0.6 is 0 Å². The molecule has 2 aliphatic carbocycles. The predicted octanol–water partition coefficient (Wildman–Crippen LogP) is 9.34. The minimum absolute atomic E-state index is 0.0240. The highest BCUT2D eigenvalue weighted by molar-refractivity contribution is 6.03. The average Bonchev–Trinajstić information content (AvgIpc) is 3.37. The molecule has 0 radical (unpaired) electrons. The molecule has 17 heteroatoms. The number of amides is 2. The van der Waals surface area contributed by atoms with Gasteiger partial charge in [-0.15, -0.1) is 6.58 Å². The minimum Gasteiger partial charge on any atom is -0.497 e. The number of nitrogens with one attached hydrogen (secondary N) is 1. The van der Waals surface area contributed by atoms with Gasteiger partial charge in [-0.2, -0.15) is 0 Å². The van der Waals surface area contributed by atoms with Gasteiger partial charge in [0.25, 0.3) is 5.69 Å². The summed E-state index contributed by atoms with van der Waals surface area (Å²) in [4.78, 5) is 47.4. The Morgan fingerprint density at radius 2 is 1.77 bits per heavy atom. The molecule has 7 atom stereocenters. The molecule has 0 bridgehead atoms. The van der Waals surface area contributed by atoms with Crippen molar-refractivity contribution in [1.29, 1.82) is 0 Å². The number of carbonyl (C=O) groups excluding carboxylic acids is 2. The number of oxime groups is 1. The van der Waals surface area contributed by atoms with Gasteiger partial charge in [0.1, 0.15) is 29.0 Å². The maximum atomic E-state index is 14.8. The Morgan fingerprint density at radius 3 is 2.46 bits per heavy atom. The molecule has 1 unspecified atom stereocenters. The van der Waals surface area contributed by atoms with Crippen LogP contribution in [0.2, 0.25) is 0 Å². The van der Waals surface area contributed by atoms with Crippen LogP contribution in [0.1, 0.15) is 94.6 Å². The smallest absolute Gasteiger partial charge is 0.417 e. The number of hydrogen-bond donors (Lipinski definition) is 3. The minimum atomic E-state index is -1.53. The first kappa shape index (κ1) is 51.6. The first-order valence-electron chi connectivity index (χ1n) is 24.4. The van der Waals surface area contributed by atoms with Gasteiger partial charge in [-0.3, -0.25) is 20.2 Å². The Balaban J connectivity index is 1.38. The summed E-state index contributed by atoms with van der Waals surface area (Å²) in [7, 11) is 3.03. The van der Waals surface area contributed by atoms with Gasteiger partial charge >= 0.3 is 6.09 Å². The molecule has 2 fully saturated rings. The van der Waals surface area contributed by atoms with E-state index < -0.39 is 35.1 Å². The number of allylic oxidation sites excluding steroid dienone is 1. The topological polar surface area (TPSA) is 210 Å². The molecule has 3 aromatic rings. The number of benzene rings is 3. The van der Waals surface area contributed by atoms with Crippen LogP contribution in [0, 0.1) is 27.9 Å². The molecular weight excluding hydrogens is 901 g/mol. The zero-order valence-electron chi connectivity index (χ0n) is 40.3. The van der Waals surface area contributed by atoms with Crippen LogP contribution in [0.25, 0.3) is 6.08 Å². The number of carbonyl (C=O) groups is 2. The van der Waals surface area contributed by atoms with Crippen molar-refractivity contribution in [2.24, 2.45) is 22.9 Å². The first-order chi connectivity index (χ1) is 34.1. The molecule has 0 spiro atoms. The lowest BCUT2D eigenvalue weighted by Crippen LogP contribution is -2.70. The van der Waals surface area contributed by atoms with E-state index in [1.165, 1.54) is 32.4 Å². The second-order valence-electron chi connectivity index (χ2n) is 18.0. The Bertz CT molecular complexity index is 2380. The number of anilines is 1. The van der Waals surface area contributed by atoms with Gasteiger partial charge in [0, 0.05) is 68.4 Å². The second-order valence-corrected chi connectivity index (χ2v) is 18.0. The molecule has 376 valence electrons. The van der Waals surface area contributed by atoms with Crippen molar-refractivity contribution < 1.29 is 58.0 Å². The Hall–Kier alpha value is -6.27. The summed E-state index contributed by atoms with van der Waals surface area (Å²) in [6, 6.07) is 15.5. The third-order valence-corrected chi connectivity index (χ3v) is 13.6. The van der Waals surface area contributed by atoms with Crippen molar-refractivity contribution in [3.8, 4) is 23.0 Å². The lowest BCUT2D eigenvalue weighted by Gasteiger charge is -2.60. The van der Waals surface area contributed by atoms with Crippen LogP contribution in [-0.4, -0.2) is 103 Å². The van der Waals surface area contributed by atoms with E-state index in [4.69, 9.17) is 38.4 Å². The molecule has 2 aliphatic heterocycles. The van der Waals surface area contributed by atoms with E-state index in [1.54, 1.807) is 59.5 Å². The van der Waals surface area contributed by atoms with Gasteiger partial charge in [-0.1, -0.05) is 37.1 Å². The van der Waals surface area contributed by atoms with Crippen LogP contribution in [0.3, 0.4) is 0 Å². The fraction of sp³-hybridized carbons (Fsp3) is 0.491. The van der Waals surface area contributed by atoms with Crippen LogP contribution in [0.4, 0.5) is 16.2 Å². The number of rotatable bonds is 23. The number of nitro groups is 1. The highest BCUT2D eigenvalue weighted by atomic mass is 16.8. The van der Waals surface area contributed by atoms with E-state index >= 15 is 0 Å². The highest BCUT2D eigenvalue weighted by Crippen LogP contribution is 2.62. The quantitative estimate of drug-likeness (QED) is 0.0266. The Labute approximate surface area is 409 Å². The van der Waals surface area contributed by atoms with Crippen molar-refractivity contribution in [1.82, 2.24) is 4.90 Å². The van der Waals surface area contributed by atoms with Crippen LogP contribution in [0.15, 0.2) is 96.2 Å². The highest BCUT2D eigenvalue weighted by Gasteiger charge is 2.65. The zero-order chi connectivity index (χ0) is 49.6. The molecule has 3 N–H and O–H groups in total. The van der Waals surface area contributed by atoms with Crippen LogP contribution < -0.4 is 24.3 Å². The maximum absolute atomic E-state index is 14.8. The van der Waals surface area contributed by atoms with Crippen LogP contribution in [0.5, 0.6) is 23.0 Å². The van der Waals surface area contributed by atoms with E-state index in [0.717, 1.165) is 36.8 Å². The van der Waals surface area contributed by atoms with E-state index in [2.05, 4.69) is 18.0 Å². The largest absolute Gasteiger partial charge is 0.497 e. The summed E-state index contributed by atoms with van der Waals surface area (Å²) in [6.45, 7) is 7.01. The summed E-state index contributed by atoms with van der Waals surface area (Å²) >= 11 is 0. The number of non-ortho nitro benzene ring substituents is 1. The van der Waals surface area contributed by atoms with Crippen molar-refractivity contribution in [3.05, 3.63) is 112 Å². The number of nitro benzene ring substituents is 1. The number of aliphatic hydroxyl groups is 2. The standard InChI is InChI=1S/C53H66N4O13/c1-5-26-56(48(60)25-18-35-16-19-37(20-17-35)57(62)63)47-34-44(55-70-49-15-9-12-30-66-49)41-31-36(13-7-10-27-58)40(14-8-11-28-59)50-42-32-39(22-24-45(42)69-53(47,51(41)50)67-29-6-2)68-52(61)54-43-23-21-38(64-3)33-46(43)65-4/h6,16-25,31-33,36,40,47,49-51,58-59H,2,5,7-15,26-30,34H2,1,3-4H3,(H,54,61)/t36-,40+,47-,49?,50+,51+,53+/m0/s1. The second kappa shape index (κ2) is 24.5. The number of methoxy groups -OCH3 is 2. The summed E-state index contributed by atoms with van der Waals surface area (Å²) in [6.07, 6.45) is 13.1. The fourth-order valence-electron chi connectivity index (χ4n) is 10.4. The molecule has 0 aromatic heterocycles. The Kier molecular flexibility index (Phi) is 18.1. The van der Waals surface area contributed by atoms with Crippen LogP contribution in [-0.2, 0) is 19.1 Å². The first-order valence-corrected chi connectivity index (χ1v) is 24.4. The van der Waals surface area contributed by atoms with E-state index in [1.807, 2.05) is 13.0 Å². The molecule has 2 amide bonds. The molecule has 4 aliphatic rings. The van der Waals surface area contributed by atoms with E-state index in [0.29, 0.717) is 85.9 Å². The van der Waals surface area contributed by atoms with Crippen molar-refractivity contribution in [2.45, 2.75) is 102 Å². The molecule has 2 heterocycles. The summed E-state index contributed by atoms with van der Waals surface area (Å²) in [5, 5.41) is 39.1. The normalized spacial score (nSPS) is 24.1. The average molecular weight is 967 g/mol. The van der Waals surface area contributed by atoms with Gasteiger partial charge in [0.15, 0.2) is 0 Å². The molecular formula is C53H66N4O13. The van der Waals surface area contributed by atoms with Crippen molar-refractivity contribution in [2.75, 3.05) is 52.5 Å². The van der Waals surface area contributed by atoms with E-state index in [-0.39, 0.29) is 61.3 Å². The molecule has 70 heavy (non-hydrogen) atoms. The number of hydrogen-bond acceptors (Lipinski definition) is 14. The molecule has 1 saturated carbocycles. The summed E-state index contributed by atoms with van der Waals surface area (Å²) in [5.74, 6) is -1.30. The zero-order valence-corrected chi connectivity index (χ0v) is 40.3. The number of unbranched alkanes of at least 4 members (excludes halogenated alkanes) is 2. The van der Waals surface area contributed by atoms with Gasteiger partial charge < -0.3 is 48.4 Å². The number of ether oxygens (including phenoxy) is 6. The van der Waals surface area contributed by atoms with Gasteiger partial charge in [-0.25, -0.2) is 4.79 Å². The maximum Gasteiger partial charge on any atom is 0.417 e. The number of nitrogens with zero attached hydrogens (tertiary/aromatic N) is 3.